The highest BCUT2D eigenvalue weighted by Gasteiger charge is 2.18. The zero-order valence-corrected chi connectivity index (χ0v) is 19.2. The molecule has 0 aliphatic carbocycles. The summed E-state index contributed by atoms with van der Waals surface area (Å²) in [6, 6.07) is 23.3. The molecule has 3 rings (SSSR count). The van der Waals surface area contributed by atoms with Crippen molar-refractivity contribution in [1.29, 1.82) is 5.26 Å². The Morgan fingerprint density at radius 3 is 1.81 bits per heavy atom. The van der Waals surface area contributed by atoms with Crippen LogP contribution in [-0.4, -0.2) is 20.6 Å². The smallest absolute Gasteiger partial charge is 0.177 e. The number of H-pyrrole nitrogens is 1. The van der Waals surface area contributed by atoms with Crippen LogP contribution in [0.5, 0.6) is 0 Å². The van der Waals surface area contributed by atoms with Crippen LogP contribution in [0.2, 0.25) is 0 Å². The van der Waals surface area contributed by atoms with Crippen molar-refractivity contribution in [2.45, 2.75) is 71.1 Å². The minimum Gasteiger partial charge on any atom is -0.198 e. The van der Waals surface area contributed by atoms with E-state index in [4.69, 9.17) is 5.26 Å². The summed E-state index contributed by atoms with van der Waals surface area (Å²) in [5, 5.41) is 23.2. The summed E-state index contributed by atoms with van der Waals surface area (Å²) in [7, 11) is 0. The lowest BCUT2D eigenvalue weighted by Gasteiger charge is -2.17. The molecular weight excluding hydrogens is 382 g/mol. The Hall–Kier alpha value is -3.00. The first kappa shape index (κ1) is 24.3. The van der Waals surface area contributed by atoms with Gasteiger partial charge in [-0.3, -0.25) is 0 Å². The lowest BCUT2D eigenvalue weighted by molar-refractivity contribution is 0.521. The Bertz CT molecular complexity index is 871. The number of aromatic nitrogens is 4. The van der Waals surface area contributed by atoms with Gasteiger partial charge < -0.3 is 0 Å². The molecule has 0 fully saturated rings. The molecule has 2 aromatic carbocycles. The number of aromatic amines is 1. The standard InChI is InChI=1S/C13H18N4.C13H17N/c1-3-11(13-14-16-17-15-13)9-10(2)12-7-5-4-6-8-12;1-3-12(10-14)9-11(2)13-7-5-4-6-8-13/h4-8,10-11H,3,9H2,1-2H3,(H,14,15,16,17);4-8,11-12H,3,9H2,1-2H3. The Kier molecular flexibility index (Phi) is 10.4. The van der Waals surface area contributed by atoms with Crippen LogP contribution in [0.3, 0.4) is 0 Å². The number of hydrogen-bond acceptors (Lipinski definition) is 4. The second kappa shape index (κ2) is 13.3. The molecule has 4 unspecified atom stereocenters. The number of rotatable bonds is 9. The topological polar surface area (TPSA) is 78.2 Å². The van der Waals surface area contributed by atoms with E-state index >= 15 is 0 Å². The zero-order chi connectivity index (χ0) is 22.5. The third-order valence-electron chi connectivity index (χ3n) is 5.91. The van der Waals surface area contributed by atoms with Crippen molar-refractivity contribution in [3.05, 3.63) is 77.6 Å². The van der Waals surface area contributed by atoms with E-state index < -0.39 is 0 Å². The lowest BCUT2D eigenvalue weighted by atomic mass is 9.88. The fourth-order valence-corrected chi connectivity index (χ4v) is 3.80. The van der Waals surface area contributed by atoms with Gasteiger partial charge in [-0.2, -0.15) is 10.5 Å². The summed E-state index contributed by atoms with van der Waals surface area (Å²) in [6.45, 7) is 8.68. The zero-order valence-electron chi connectivity index (χ0n) is 19.2. The second-order valence-corrected chi connectivity index (χ2v) is 8.20. The Balaban J connectivity index is 0.000000225. The maximum Gasteiger partial charge on any atom is 0.177 e. The first-order valence-electron chi connectivity index (χ1n) is 11.3. The van der Waals surface area contributed by atoms with Gasteiger partial charge in [-0.25, -0.2) is 0 Å². The summed E-state index contributed by atoms with van der Waals surface area (Å²) in [4.78, 5) is 0. The molecule has 4 atom stereocenters. The number of tetrazole rings is 1. The average Bonchev–Trinajstić information content (AvgIpc) is 3.37. The van der Waals surface area contributed by atoms with Crippen molar-refractivity contribution in [2.75, 3.05) is 0 Å². The van der Waals surface area contributed by atoms with Gasteiger partial charge in [-0.15, -0.1) is 10.2 Å². The fourth-order valence-electron chi connectivity index (χ4n) is 3.80. The van der Waals surface area contributed by atoms with Crippen molar-refractivity contribution in [3.8, 4) is 6.07 Å². The van der Waals surface area contributed by atoms with Crippen LogP contribution < -0.4 is 0 Å². The molecule has 0 amide bonds. The summed E-state index contributed by atoms with van der Waals surface area (Å²) in [5.41, 5.74) is 2.70. The van der Waals surface area contributed by atoms with Crippen LogP contribution in [0.4, 0.5) is 0 Å². The van der Waals surface area contributed by atoms with E-state index in [9.17, 15) is 0 Å². The molecule has 0 saturated carbocycles. The van der Waals surface area contributed by atoms with Gasteiger partial charge in [0.2, 0.25) is 0 Å². The van der Waals surface area contributed by atoms with Gasteiger partial charge in [-0.05, 0) is 48.6 Å². The van der Waals surface area contributed by atoms with Gasteiger partial charge in [-0.1, -0.05) is 93.6 Å². The minimum absolute atomic E-state index is 0.199. The Morgan fingerprint density at radius 2 is 1.39 bits per heavy atom. The molecule has 0 bridgehead atoms. The van der Waals surface area contributed by atoms with Gasteiger partial charge in [0.25, 0.3) is 0 Å². The van der Waals surface area contributed by atoms with Crippen molar-refractivity contribution in [3.63, 3.8) is 0 Å². The van der Waals surface area contributed by atoms with E-state index in [1.165, 1.54) is 11.1 Å². The number of hydrogen-bond donors (Lipinski definition) is 1. The predicted molar refractivity (Wildman–Crippen MR) is 126 cm³/mol. The van der Waals surface area contributed by atoms with Gasteiger partial charge in [0.15, 0.2) is 5.82 Å². The molecule has 5 nitrogen and oxygen atoms in total. The summed E-state index contributed by atoms with van der Waals surface area (Å²) in [6.07, 6.45) is 4.02. The Labute approximate surface area is 186 Å². The maximum absolute atomic E-state index is 8.87. The highest BCUT2D eigenvalue weighted by molar-refractivity contribution is 5.20. The highest BCUT2D eigenvalue weighted by Crippen LogP contribution is 2.29. The molecule has 0 aliphatic heterocycles. The number of nitrogens with zero attached hydrogens (tertiary/aromatic N) is 4. The average molecular weight is 418 g/mol. The molecule has 0 radical (unpaired) electrons. The van der Waals surface area contributed by atoms with Gasteiger partial charge >= 0.3 is 0 Å². The van der Waals surface area contributed by atoms with Crippen molar-refractivity contribution >= 4 is 0 Å². The van der Waals surface area contributed by atoms with Crippen LogP contribution in [0.25, 0.3) is 0 Å². The molecular formula is C26H35N5. The van der Waals surface area contributed by atoms with E-state index in [-0.39, 0.29) is 5.92 Å². The number of nitrogens with one attached hydrogen (secondary N) is 1. The van der Waals surface area contributed by atoms with E-state index in [0.29, 0.717) is 17.8 Å². The Morgan fingerprint density at radius 1 is 0.839 bits per heavy atom. The largest absolute Gasteiger partial charge is 0.198 e. The van der Waals surface area contributed by atoms with Crippen LogP contribution in [-0.2, 0) is 0 Å². The van der Waals surface area contributed by atoms with Crippen molar-refractivity contribution in [1.82, 2.24) is 20.6 Å². The quantitative estimate of drug-likeness (QED) is 0.424. The van der Waals surface area contributed by atoms with E-state index in [1.54, 1.807) is 0 Å². The van der Waals surface area contributed by atoms with Gasteiger partial charge in [0, 0.05) is 11.8 Å². The summed E-state index contributed by atoms with van der Waals surface area (Å²) in [5.74, 6) is 2.41. The molecule has 5 heteroatoms. The van der Waals surface area contributed by atoms with Crippen LogP contribution in [0, 0.1) is 17.2 Å². The van der Waals surface area contributed by atoms with Gasteiger partial charge in [0.1, 0.15) is 0 Å². The molecule has 1 aromatic heterocycles. The molecule has 164 valence electrons. The molecule has 31 heavy (non-hydrogen) atoms. The number of nitriles is 1. The van der Waals surface area contributed by atoms with Crippen LogP contribution in [0.1, 0.15) is 88.1 Å². The third kappa shape index (κ3) is 7.97. The monoisotopic (exact) mass is 417 g/mol. The van der Waals surface area contributed by atoms with Crippen molar-refractivity contribution in [2.24, 2.45) is 5.92 Å². The maximum atomic E-state index is 8.87. The first-order chi connectivity index (χ1) is 15.1. The number of benzene rings is 2. The molecule has 0 aliphatic rings. The molecule has 0 spiro atoms. The third-order valence-corrected chi connectivity index (χ3v) is 5.91. The fraction of sp³-hybridized carbons (Fsp3) is 0.462. The molecule has 3 aromatic rings. The summed E-state index contributed by atoms with van der Waals surface area (Å²) < 4.78 is 0. The van der Waals surface area contributed by atoms with Crippen LogP contribution in [0.15, 0.2) is 60.7 Å². The van der Waals surface area contributed by atoms with E-state index in [1.807, 2.05) is 12.1 Å². The van der Waals surface area contributed by atoms with E-state index in [2.05, 4.69) is 103 Å². The van der Waals surface area contributed by atoms with E-state index in [0.717, 1.165) is 31.5 Å². The van der Waals surface area contributed by atoms with Crippen molar-refractivity contribution < 1.29 is 0 Å². The summed E-state index contributed by atoms with van der Waals surface area (Å²) >= 11 is 0. The molecule has 1 heterocycles. The van der Waals surface area contributed by atoms with Crippen LogP contribution >= 0.6 is 0 Å². The highest BCUT2D eigenvalue weighted by atomic mass is 15.5. The first-order valence-corrected chi connectivity index (χ1v) is 11.3. The second-order valence-electron chi connectivity index (χ2n) is 8.20. The molecule has 0 saturated heterocycles. The SMILES string of the molecule is CCC(C#N)CC(C)c1ccccc1.CCC(CC(C)c1ccccc1)c1nn[nH]n1. The lowest BCUT2D eigenvalue weighted by Crippen LogP contribution is -2.05. The normalized spacial score (nSPS) is 14.4. The molecule has 1 N–H and O–H groups in total. The predicted octanol–water partition coefficient (Wildman–Crippen LogP) is 6.62. The minimum atomic E-state index is 0.199. The van der Waals surface area contributed by atoms with Gasteiger partial charge in [0.05, 0.1) is 6.07 Å².